The summed E-state index contributed by atoms with van der Waals surface area (Å²) in [4.78, 5) is 14.1. The van der Waals surface area contributed by atoms with Crippen molar-refractivity contribution in [3.8, 4) is 0 Å². The number of piperidine rings is 1. The number of furan rings is 1. The Morgan fingerprint density at radius 1 is 1.45 bits per heavy atom. The number of carbonyl (C=O) groups is 1. The van der Waals surface area contributed by atoms with Crippen molar-refractivity contribution in [2.75, 3.05) is 32.7 Å². The molecule has 0 bridgehead atoms. The van der Waals surface area contributed by atoms with Gasteiger partial charge in [0.25, 0.3) is 0 Å². The molecule has 0 atom stereocenters. The van der Waals surface area contributed by atoms with E-state index in [1.165, 1.54) is 12.8 Å². The summed E-state index contributed by atoms with van der Waals surface area (Å²) in [5, 5.41) is 6.29. The van der Waals surface area contributed by atoms with Crippen molar-refractivity contribution < 1.29 is 9.21 Å². The number of rotatable bonds is 7. The van der Waals surface area contributed by atoms with E-state index in [0.717, 1.165) is 37.9 Å². The normalized spacial score (nSPS) is 17.2. The number of likely N-dealkylation sites (tertiary alicyclic amines) is 1. The molecule has 0 spiro atoms. The minimum absolute atomic E-state index is 0.0755. The van der Waals surface area contributed by atoms with E-state index < -0.39 is 0 Å². The van der Waals surface area contributed by atoms with Crippen molar-refractivity contribution in [3.63, 3.8) is 0 Å². The van der Waals surface area contributed by atoms with Crippen molar-refractivity contribution >= 4 is 5.91 Å². The molecular weight excluding hydrogens is 254 g/mol. The van der Waals surface area contributed by atoms with Crippen LogP contribution < -0.4 is 10.6 Å². The minimum atomic E-state index is 0.0755. The Hall–Kier alpha value is -1.33. The highest BCUT2D eigenvalue weighted by molar-refractivity contribution is 5.77. The van der Waals surface area contributed by atoms with Gasteiger partial charge in [0.2, 0.25) is 5.91 Å². The van der Waals surface area contributed by atoms with Crippen LogP contribution in [-0.2, 0) is 11.3 Å². The van der Waals surface area contributed by atoms with Crippen molar-refractivity contribution in [1.82, 2.24) is 15.5 Å². The maximum Gasteiger partial charge on any atom is 0.234 e. The fraction of sp³-hybridized carbons (Fsp3) is 0.667. The van der Waals surface area contributed by atoms with Crippen molar-refractivity contribution in [2.45, 2.75) is 26.3 Å². The minimum Gasteiger partial charge on any atom is -0.467 e. The summed E-state index contributed by atoms with van der Waals surface area (Å²) in [6, 6.07) is 3.70. The molecule has 1 aromatic heterocycles. The van der Waals surface area contributed by atoms with Crippen LogP contribution in [0.15, 0.2) is 22.8 Å². The van der Waals surface area contributed by atoms with E-state index in [1.807, 2.05) is 12.1 Å². The molecule has 2 N–H and O–H groups in total. The second kappa shape index (κ2) is 8.07. The SMILES string of the molecule is CCNCC1CCN(CC(=O)NCc2ccco2)CC1. The van der Waals surface area contributed by atoms with Gasteiger partial charge >= 0.3 is 0 Å². The third-order valence-electron chi connectivity index (χ3n) is 3.80. The number of nitrogens with one attached hydrogen (secondary N) is 2. The van der Waals surface area contributed by atoms with E-state index in [2.05, 4.69) is 22.5 Å². The summed E-state index contributed by atoms with van der Waals surface area (Å²) in [6.45, 7) is 7.29. The van der Waals surface area contributed by atoms with Gasteiger partial charge in [0.15, 0.2) is 0 Å². The number of hydrogen-bond acceptors (Lipinski definition) is 4. The number of carbonyl (C=O) groups excluding carboxylic acids is 1. The lowest BCUT2D eigenvalue weighted by Gasteiger charge is -2.31. The molecule has 0 aliphatic carbocycles. The lowest BCUT2D eigenvalue weighted by Crippen LogP contribution is -2.42. The molecule has 0 radical (unpaired) electrons. The standard InChI is InChI=1S/C15H25N3O2/c1-2-16-10-13-5-7-18(8-6-13)12-15(19)17-11-14-4-3-9-20-14/h3-4,9,13,16H,2,5-8,10-12H2,1H3,(H,17,19). The van der Waals surface area contributed by atoms with Gasteiger partial charge in [-0.3, -0.25) is 9.69 Å². The number of nitrogens with zero attached hydrogens (tertiary/aromatic N) is 1. The molecule has 1 aliphatic rings. The second-order valence-electron chi connectivity index (χ2n) is 5.38. The first kappa shape index (κ1) is 15.1. The first-order valence-electron chi connectivity index (χ1n) is 7.50. The van der Waals surface area contributed by atoms with Gasteiger partial charge in [0.1, 0.15) is 5.76 Å². The van der Waals surface area contributed by atoms with Gasteiger partial charge in [-0.25, -0.2) is 0 Å². The molecule has 1 saturated heterocycles. The fourth-order valence-corrected chi connectivity index (χ4v) is 2.55. The summed E-state index contributed by atoms with van der Waals surface area (Å²) < 4.78 is 5.19. The zero-order valence-electron chi connectivity index (χ0n) is 12.2. The summed E-state index contributed by atoms with van der Waals surface area (Å²) >= 11 is 0. The molecule has 112 valence electrons. The van der Waals surface area contributed by atoms with Crippen LogP contribution in [0.1, 0.15) is 25.5 Å². The van der Waals surface area contributed by atoms with Gasteiger partial charge in [-0.05, 0) is 57.1 Å². The van der Waals surface area contributed by atoms with Crippen LogP contribution in [0.4, 0.5) is 0 Å². The van der Waals surface area contributed by atoms with Crippen LogP contribution in [0, 0.1) is 5.92 Å². The summed E-state index contributed by atoms with van der Waals surface area (Å²) in [7, 11) is 0. The monoisotopic (exact) mass is 279 g/mol. The first-order valence-corrected chi connectivity index (χ1v) is 7.50. The molecule has 1 aliphatic heterocycles. The van der Waals surface area contributed by atoms with E-state index in [0.29, 0.717) is 13.1 Å². The molecule has 5 heteroatoms. The molecule has 1 fully saturated rings. The Balaban J connectivity index is 1.61. The van der Waals surface area contributed by atoms with Crippen LogP contribution in [0.2, 0.25) is 0 Å². The molecule has 5 nitrogen and oxygen atoms in total. The van der Waals surface area contributed by atoms with Crippen LogP contribution >= 0.6 is 0 Å². The maximum absolute atomic E-state index is 11.9. The second-order valence-corrected chi connectivity index (χ2v) is 5.38. The van der Waals surface area contributed by atoms with Crippen molar-refractivity contribution in [1.29, 1.82) is 0 Å². The Morgan fingerprint density at radius 3 is 2.90 bits per heavy atom. The molecule has 1 amide bonds. The van der Waals surface area contributed by atoms with Gasteiger partial charge < -0.3 is 15.1 Å². The predicted molar refractivity (Wildman–Crippen MR) is 78.3 cm³/mol. The Kier molecular flexibility index (Phi) is 6.08. The quantitative estimate of drug-likeness (QED) is 0.788. The van der Waals surface area contributed by atoms with Gasteiger partial charge in [-0.1, -0.05) is 6.92 Å². The van der Waals surface area contributed by atoms with Crippen LogP contribution in [0.3, 0.4) is 0 Å². The smallest absolute Gasteiger partial charge is 0.234 e. The van der Waals surface area contributed by atoms with E-state index in [1.54, 1.807) is 6.26 Å². The summed E-state index contributed by atoms with van der Waals surface area (Å²) in [5.41, 5.74) is 0. The third-order valence-corrected chi connectivity index (χ3v) is 3.80. The lowest BCUT2D eigenvalue weighted by atomic mass is 9.97. The Labute approximate surface area is 120 Å². The van der Waals surface area contributed by atoms with Gasteiger partial charge in [0.05, 0.1) is 19.4 Å². The highest BCUT2D eigenvalue weighted by Gasteiger charge is 2.20. The molecule has 20 heavy (non-hydrogen) atoms. The Bertz CT molecular complexity index is 384. The average Bonchev–Trinajstić information content (AvgIpc) is 2.98. The lowest BCUT2D eigenvalue weighted by molar-refractivity contribution is -0.122. The number of hydrogen-bond donors (Lipinski definition) is 2. The molecular formula is C15H25N3O2. The van der Waals surface area contributed by atoms with Crippen molar-refractivity contribution in [2.24, 2.45) is 5.92 Å². The zero-order chi connectivity index (χ0) is 14.2. The van der Waals surface area contributed by atoms with Gasteiger partial charge in [-0.15, -0.1) is 0 Å². The maximum atomic E-state index is 11.9. The largest absolute Gasteiger partial charge is 0.467 e. The fourth-order valence-electron chi connectivity index (χ4n) is 2.55. The van der Waals surface area contributed by atoms with Gasteiger partial charge in [-0.2, -0.15) is 0 Å². The highest BCUT2D eigenvalue weighted by Crippen LogP contribution is 2.15. The van der Waals surface area contributed by atoms with Crippen molar-refractivity contribution in [3.05, 3.63) is 24.2 Å². The van der Waals surface area contributed by atoms with E-state index in [4.69, 9.17) is 4.42 Å². The molecule has 2 rings (SSSR count). The topological polar surface area (TPSA) is 57.5 Å². The zero-order valence-corrected chi connectivity index (χ0v) is 12.2. The van der Waals surface area contributed by atoms with Crippen LogP contribution in [-0.4, -0.2) is 43.5 Å². The van der Waals surface area contributed by atoms with Crippen LogP contribution in [0.5, 0.6) is 0 Å². The van der Waals surface area contributed by atoms with E-state index in [9.17, 15) is 4.79 Å². The summed E-state index contributed by atoms with van der Waals surface area (Å²) in [6.07, 6.45) is 3.98. The molecule has 0 unspecified atom stereocenters. The Morgan fingerprint density at radius 2 is 2.25 bits per heavy atom. The molecule has 0 saturated carbocycles. The third kappa shape index (κ3) is 4.98. The molecule has 0 aromatic carbocycles. The molecule has 2 heterocycles. The van der Waals surface area contributed by atoms with E-state index in [-0.39, 0.29) is 5.91 Å². The van der Waals surface area contributed by atoms with Crippen LogP contribution in [0.25, 0.3) is 0 Å². The first-order chi connectivity index (χ1) is 9.78. The number of amides is 1. The predicted octanol–water partition coefficient (Wildman–Crippen LogP) is 1.22. The van der Waals surface area contributed by atoms with E-state index >= 15 is 0 Å². The average molecular weight is 279 g/mol. The molecule has 1 aromatic rings. The highest BCUT2D eigenvalue weighted by atomic mass is 16.3. The van der Waals surface area contributed by atoms with Gasteiger partial charge in [0, 0.05) is 0 Å². The summed E-state index contributed by atoms with van der Waals surface area (Å²) in [5.74, 6) is 1.63.